The van der Waals surface area contributed by atoms with Gasteiger partial charge in [0, 0.05) is 21.8 Å². The molecule has 1 aromatic heterocycles. The number of rotatable bonds is 7. The van der Waals surface area contributed by atoms with Crippen molar-refractivity contribution in [2.75, 3.05) is 13.2 Å². The lowest BCUT2D eigenvalue weighted by atomic mass is 9.98. The summed E-state index contributed by atoms with van der Waals surface area (Å²) >= 11 is 10.6. The van der Waals surface area contributed by atoms with Crippen LogP contribution in [0.2, 0.25) is 4.34 Å². The van der Waals surface area contributed by atoms with Crippen LogP contribution >= 0.6 is 38.9 Å². The topological polar surface area (TPSA) is 66.8 Å². The van der Waals surface area contributed by atoms with Crippen molar-refractivity contribution < 1.29 is 19.4 Å². The number of amides is 1. The lowest BCUT2D eigenvalue weighted by Crippen LogP contribution is -2.40. The zero-order valence-corrected chi connectivity index (χ0v) is 20.4. The molecule has 0 saturated heterocycles. The maximum absolute atomic E-state index is 13.1. The van der Waals surface area contributed by atoms with Crippen LogP contribution in [0.25, 0.3) is 11.1 Å². The fourth-order valence-electron chi connectivity index (χ4n) is 4.15. The number of carbonyl (C=O) groups is 2. The van der Waals surface area contributed by atoms with E-state index in [1.54, 1.807) is 6.07 Å². The van der Waals surface area contributed by atoms with E-state index in [4.69, 9.17) is 16.3 Å². The molecule has 166 valence electrons. The smallest absolute Gasteiger partial charge is 0.410 e. The number of benzene rings is 2. The molecule has 0 radical (unpaired) electrons. The third-order valence-corrected chi connectivity index (χ3v) is 8.04. The Morgan fingerprint density at radius 3 is 2.25 bits per heavy atom. The molecule has 3 aromatic rings. The third-order valence-electron chi connectivity index (χ3n) is 5.51. The van der Waals surface area contributed by atoms with Gasteiger partial charge in [0.2, 0.25) is 0 Å². The van der Waals surface area contributed by atoms with E-state index in [-0.39, 0.29) is 19.1 Å². The molecule has 0 aliphatic heterocycles. The second kappa shape index (κ2) is 9.65. The minimum absolute atomic E-state index is 0.0940. The minimum atomic E-state index is -1.17. The molecule has 1 aliphatic rings. The van der Waals surface area contributed by atoms with Gasteiger partial charge in [0.1, 0.15) is 10.9 Å². The molecule has 5 nitrogen and oxygen atoms in total. The number of nitrogens with zero attached hydrogens (tertiary/aromatic N) is 1. The predicted molar refractivity (Wildman–Crippen MR) is 129 cm³/mol. The standard InChI is InChI=1S/C24H21BrClNO4S/c1-2-11-27(21(23(28)29)20-12-19(25)22(26)32-20)24(30)31-13-18-16-9-5-3-7-14(16)15-8-4-6-10-17(15)18/h3-10,12,18,21H,2,11,13H2,1H3,(H,28,29). The molecule has 8 heteroatoms. The number of hydrogen-bond acceptors (Lipinski definition) is 4. The van der Waals surface area contributed by atoms with E-state index in [9.17, 15) is 14.7 Å². The van der Waals surface area contributed by atoms with E-state index in [0.29, 0.717) is 20.1 Å². The largest absolute Gasteiger partial charge is 0.479 e. The highest BCUT2D eigenvalue weighted by atomic mass is 79.9. The Labute approximate surface area is 203 Å². The zero-order chi connectivity index (χ0) is 22.8. The summed E-state index contributed by atoms with van der Waals surface area (Å²) < 4.78 is 6.77. The Morgan fingerprint density at radius 2 is 1.75 bits per heavy atom. The first-order valence-corrected chi connectivity index (χ1v) is 12.2. The highest BCUT2D eigenvalue weighted by molar-refractivity contribution is 9.10. The Morgan fingerprint density at radius 1 is 1.16 bits per heavy atom. The first-order valence-electron chi connectivity index (χ1n) is 10.2. The first kappa shape index (κ1) is 22.8. The Balaban J connectivity index is 1.58. The molecule has 1 atom stereocenters. The molecule has 1 N–H and O–H groups in total. The molecule has 32 heavy (non-hydrogen) atoms. The van der Waals surface area contributed by atoms with Crippen molar-refractivity contribution in [3.63, 3.8) is 0 Å². The van der Waals surface area contributed by atoms with E-state index < -0.39 is 18.1 Å². The second-order valence-corrected chi connectivity index (χ2v) is 10.0. The minimum Gasteiger partial charge on any atom is -0.479 e. The van der Waals surface area contributed by atoms with Gasteiger partial charge in [-0.3, -0.25) is 4.90 Å². The summed E-state index contributed by atoms with van der Waals surface area (Å²) in [5, 5.41) is 9.91. The fraction of sp³-hybridized carbons (Fsp3) is 0.250. The van der Waals surface area contributed by atoms with Gasteiger partial charge in [-0.05, 0) is 50.7 Å². The molecule has 4 rings (SSSR count). The van der Waals surface area contributed by atoms with E-state index in [0.717, 1.165) is 33.6 Å². The van der Waals surface area contributed by atoms with Crippen molar-refractivity contribution in [1.29, 1.82) is 0 Å². The summed E-state index contributed by atoms with van der Waals surface area (Å²) in [5.74, 6) is -1.22. The number of fused-ring (bicyclic) bond motifs is 3. The lowest BCUT2D eigenvalue weighted by Gasteiger charge is -2.28. The van der Waals surface area contributed by atoms with Crippen LogP contribution in [0.3, 0.4) is 0 Å². The van der Waals surface area contributed by atoms with Crippen LogP contribution in [0.5, 0.6) is 0 Å². The quantitative estimate of drug-likeness (QED) is 0.356. The number of ether oxygens (including phenoxy) is 1. The number of hydrogen-bond donors (Lipinski definition) is 1. The van der Waals surface area contributed by atoms with E-state index >= 15 is 0 Å². The molecule has 0 spiro atoms. The molecule has 0 fully saturated rings. The summed E-state index contributed by atoms with van der Waals surface area (Å²) in [6.07, 6.45) is -0.0596. The van der Waals surface area contributed by atoms with Gasteiger partial charge in [-0.2, -0.15) is 0 Å². The van der Waals surface area contributed by atoms with E-state index in [2.05, 4.69) is 28.1 Å². The summed E-state index contributed by atoms with van der Waals surface area (Å²) in [4.78, 5) is 27.0. The summed E-state index contributed by atoms with van der Waals surface area (Å²) in [6, 6.07) is 16.6. The van der Waals surface area contributed by atoms with Gasteiger partial charge in [0.25, 0.3) is 0 Å². The van der Waals surface area contributed by atoms with Gasteiger partial charge in [0.15, 0.2) is 6.04 Å². The normalized spacial score (nSPS) is 13.3. The van der Waals surface area contributed by atoms with Crippen molar-refractivity contribution in [2.45, 2.75) is 25.3 Å². The molecule has 1 aliphatic carbocycles. The van der Waals surface area contributed by atoms with Crippen molar-refractivity contribution in [1.82, 2.24) is 4.90 Å². The van der Waals surface area contributed by atoms with Crippen molar-refractivity contribution >= 4 is 50.9 Å². The molecular formula is C24H21BrClNO4S. The molecule has 1 heterocycles. The monoisotopic (exact) mass is 533 g/mol. The Kier molecular flexibility index (Phi) is 6.88. The summed E-state index contributed by atoms with van der Waals surface area (Å²) in [7, 11) is 0. The number of halogens is 2. The average Bonchev–Trinajstić information content (AvgIpc) is 3.28. The van der Waals surface area contributed by atoms with Crippen LogP contribution in [0.4, 0.5) is 4.79 Å². The van der Waals surface area contributed by atoms with Crippen LogP contribution < -0.4 is 0 Å². The van der Waals surface area contributed by atoms with E-state index in [1.165, 1.54) is 4.90 Å². The molecule has 1 amide bonds. The number of carboxylic acid groups (broad SMARTS) is 1. The molecule has 2 aromatic carbocycles. The van der Waals surface area contributed by atoms with Crippen molar-refractivity contribution in [3.05, 3.63) is 79.4 Å². The van der Waals surface area contributed by atoms with Crippen molar-refractivity contribution in [3.8, 4) is 11.1 Å². The zero-order valence-electron chi connectivity index (χ0n) is 17.3. The molecule has 0 saturated carbocycles. The maximum atomic E-state index is 13.1. The number of aliphatic carboxylic acids is 1. The van der Waals surface area contributed by atoms with Gasteiger partial charge in [-0.15, -0.1) is 11.3 Å². The Bertz CT molecular complexity index is 1100. The van der Waals surface area contributed by atoms with Gasteiger partial charge < -0.3 is 9.84 Å². The number of carboxylic acids is 1. The molecule has 0 bridgehead atoms. The predicted octanol–water partition coefficient (Wildman–Crippen LogP) is 6.95. The van der Waals surface area contributed by atoms with Gasteiger partial charge >= 0.3 is 12.1 Å². The SMILES string of the molecule is CCCN(C(=O)OCC1c2ccccc2-c2ccccc21)C(C(=O)O)c1cc(Br)c(Cl)s1. The average molecular weight is 535 g/mol. The second-order valence-electron chi connectivity index (χ2n) is 7.51. The highest BCUT2D eigenvalue weighted by Gasteiger charge is 2.35. The van der Waals surface area contributed by atoms with Crippen LogP contribution in [-0.2, 0) is 9.53 Å². The fourth-order valence-corrected chi connectivity index (χ4v) is 5.99. The number of carbonyl (C=O) groups excluding carboxylic acids is 1. The third kappa shape index (κ3) is 4.29. The van der Waals surface area contributed by atoms with Crippen molar-refractivity contribution in [2.24, 2.45) is 0 Å². The first-order chi connectivity index (χ1) is 15.4. The van der Waals surface area contributed by atoms with Gasteiger partial charge in [-0.1, -0.05) is 67.1 Å². The maximum Gasteiger partial charge on any atom is 0.410 e. The van der Waals surface area contributed by atoms with Gasteiger partial charge in [0.05, 0.1) is 0 Å². The number of thiophene rings is 1. The van der Waals surface area contributed by atoms with Crippen LogP contribution in [-0.4, -0.2) is 35.2 Å². The molecular weight excluding hydrogens is 514 g/mol. The summed E-state index contributed by atoms with van der Waals surface area (Å²) in [6.45, 7) is 2.27. The summed E-state index contributed by atoms with van der Waals surface area (Å²) in [5.41, 5.74) is 4.48. The Hall–Kier alpha value is -2.35. The van der Waals surface area contributed by atoms with Gasteiger partial charge in [-0.25, -0.2) is 9.59 Å². The molecule has 1 unspecified atom stereocenters. The highest BCUT2D eigenvalue weighted by Crippen LogP contribution is 2.44. The van der Waals surface area contributed by atoms with Crippen LogP contribution in [0, 0.1) is 0 Å². The van der Waals surface area contributed by atoms with E-state index in [1.807, 2.05) is 43.3 Å². The van der Waals surface area contributed by atoms with Crippen LogP contribution in [0.1, 0.15) is 41.3 Å². The van der Waals surface area contributed by atoms with Crippen LogP contribution in [0.15, 0.2) is 59.1 Å². The lowest BCUT2D eigenvalue weighted by molar-refractivity contribution is -0.143.